The number of aromatic amines is 3. The molecule has 100 valence electrons. The molecule has 3 heterocycles. The number of H-pyrrole nitrogens is 3. The minimum absolute atomic E-state index is 0.623. The monoisotopic (exact) mass is 274 g/mol. The zero-order chi connectivity index (χ0) is 13.8. The average molecular weight is 274 g/mol. The summed E-state index contributed by atoms with van der Waals surface area (Å²) in [5.41, 5.74) is 4.64. The van der Waals surface area contributed by atoms with E-state index in [9.17, 15) is 0 Å². The molecule has 5 rings (SSSR count). The molecule has 3 aromatic heterocycles. The van der Waals surface area contributed by atoms with Crippen molar-refractivity contribution in [3.8, 4) is 11.6 Å². The predicted molar refractivity (Wildman–Crippen MR) is 80.8 cm³/mol. The van der Waals surface area contributed by atoms with Crippen LogP contribution in [0, 0.1) is 0 Å². The summed E-state index contributed by atoms with van der Waals surface area (Å²) in [6, 6.07) is 11.9. The van der Waals surface area contributed by atoms with Crippen molar-refractivity contribution >= 4 is 33.0 Å². The zero-order valence-corrected chi connectivity index (χ0v) is 10.9. The molecule has 2 aromatic carbocycles. The summed E-state index contributed by atoms with van der Waals surface area (Å²) in [5.74, 6) is 1.32. The number of benzene rings is 2. The third-order valence-corrected chi connectivity index (χ3v) is 3.64. The minimum Gasteiger partial charge on any atom is -0.335 e. The average Bonchev–Trinajstić information content (AvgIpc) is 3.20. The lowest BCUT2D eigenvalue weighted by molar-refractivity contribution is 1.12. The van der Waals surface area contributed by atoms with Crippen LogP contribution in [0.1, 0.15) is 0 Å². The van der Waals surface area contributed by atoms with Gasteiger partial charge in [0.2, 0.25) is 0 Å². The van der Waals surface area contributed by atoms with Crippen molar-refractivity contribution in [3.05, 3.63) is 42.6 Å². The molecule has 3 N–H and O–H groups in total. The van der Waals surface area contributed by atoms with Crippen molar-refractivity contribution in [1.82, 2.24) is 30.1 Å². The van der Waals surface area contributed by atoms with Crippen LogP contribution in [0.3, 0.4) is 0 Å². The van der Waals surface area contributed by atoms with E-state index >= 15 is 0 Å². The van der Waals surface area contributed by atoms with Gasteiger partial charge in [-0.3, -0.25) is 0 Å². The molecule has 0 saturated carbocycles. The molecule has 0 aliphatic rings. The van der Waals surface area contributed by atoms with Gasteiger partial charge in [0, 0.05) is 11.6 Å². The summed E-state index contributed by atoms with van der Waals surface area (Å²) in [6.45, 7) is 0. The Morgan fingerprint density at radius 2 is 1.67 bits per heavy atom. The van der Waals surface area contributed by atoms with Gasteiger partial charge in [-0.05, 0) is 24.3 Å². The van der Waals surface area contributed by atoms with Gasteiger partial charge in [0.05, 0.1) is 27.6 Å². The summed E-state index contributed by atoms with van der Waals surface area (Å²) in [6.07, 6.45) is 1.91. The van der Waals surface area contributed by atoms with Crippen molar-refractivity contribution in [3.63, 3.8) is 0 Å². The molecule has 0 aliphatic carbocycles. The molecule has 0 amide bonds. The van der Waals surface area contributed by atoms with E-state index in [0.29, 0.717) is 11.6 Å². The van der Waals surface area contributed by atoms with E-state index in [2.05, 4.69) is 30.1 Å². The van der Waals surface area contributed by atoms with Gasteiger partial charge in [-0.15, -0.1) is 0 Å². The van der Waals surface area contributed by atoms with E-state index in [1.165, 1.54) is 0 Å². The summed E-state index contributed by atoms with van der Waals surface area (Å²) in [5, 5.41) is 7.12. The number of para-hydroxylation sites is 2. The molecule has 6 nitrogen and oxygen atoms in total. The summed E-state index contributed by atoms with van der Waals surface area (Å²) in [4.78, 5) is 16.9. The fourth-order valence-corrected chi connectivity index (χ4v) is 2.61. The third-order valence-electron chi connectivity index (χ3n) is 3.64. The quantitative estimate of drug-likeness (QED) is 0.439. The highest BCUT2D eigenvalue weighted by Crippen LogP contribution is 2.24. The summed E-state index contributed by atoms with van der Waals surface area (Å²) >= 11 is 0. The number of nitrogens with zero attached hydrogens (tertiary/aromatic N) is 3. The van der Waals surface area contributed by atoms with Crippen molar-refractivity contribution in [2.45, 2.75) is 0 Å². The standard InChI is InChI=1S/C15H10N6/c1-2-4-10-9(3-1)17-14(18-10)15-19-12-5-8-7-16-21-11(8)6-13(12)20-15/h1-7,16,21H,(H,17,18). The Kier molecular flexibility index (Phi) is 1.87. The van der Waals surface area contributed by atoms with Crippen molar-refractivity contribution in [1.29, 1.82) is 0 Å². The first-order valence-electron chi connectivity index (χ1n) is 6.65. The Morgan fingerprint density at radius 3 is 2.57 bits per heavy atom. The lowest BCUT2D eigenvalue weighted by Crippen LogP contribution is -1.81. The summed E-state index contributed by atoms with van der Waals surface area (Å²) < 4.78 is 0. The Bertz CT molecular complexity index is 1020. The first-order valence-corrected chi connectivity index (χ1v) is 6.65. The number of hydrogen-bond donors (Lipinski definition) is 3. The van der Waals surface area contributed by atoms with E-state index in [-0.39, 0.29) is 0 Å². The third kappa shape index (κ3) is 1.50. The number of imidazole rings is 2. The second kappa shape index (κ2) is 3.69. The molecule has 0 unspecified atom stereocenters. The van der Waals surface area contributed by atoms with E-state index < -0.39 is 0 Å². The van der Waals surface area contributed by atoms with Crippen molar-refractivity contribution < 1.29 is 0 Å². The minimum atomic E-state index is 0.623. The number of aromatic nitrogens is 6. The van der Waals surface area contributed by atoms with E-state index in [4.69, 9.17) is 0 Å². The maximum atomic E-state index is 4.58. The molecule has 0 bridgehead atoms. The smallest absolute Gasteiger partial charge is 0.197 e. The van der Waals surface area contributed by atoms with Crippen LogP contribution in [0.2, 0.25) is 0 Å². The van der Waals surface area contributed by atoms with Crippen LogP contribution in [0.15, 0.2) is 42.6 Å². The van der Waals surface area contributed by atoms with Gasteiger partial charge in [0.25, 0.3) is 0 Å². The molecule has 0 spiro atoms. The van der Waals surface area contributed by atoms with Crippen LogP contribution >= 0.6 is 0 Å². The molecule has 5 aromatic rings. The first kappa shape index (κ1) is 10.6. The number of hydrogen-bond acceptors (Lipinski definition) is 3. The highest BCUT2D eigenvalue weighted by molar-refractivity contribution is 5.94. The van der Waals surface area contributed by atoms with Gasteiger partial charge in [-0.1, -0.05) is 12.1 Å². The van der Waals surface area contributed by atoms with Crippen LogP contribution in [-0.2, 0) is 0 Å². The normalized spacial score (nSPS) is 11.8. The Morgan fingerprint density at radius 1 is 0.810 bits per heavy atom. The number of nitrogens with one attached hydrogen (secondary N) is 3. The van der Waals surface area contributed by atoms with Crippen molar-refractivity contribution in [2.75, 3.05) is 0 Å². The molecule has 0 aliphatic heterocycles. The second-order valence-corrected chi connectivity index (χ2v) is 4.99. The van der Waals surface area contributed by atoms with Crippen LogP contribution in [-0.4, -0.2) is 30.1 Å². The lowest BCUT2D eigenvalue weighted by atomic mass is 10.2. The predicted octanol–water partition coefficient (Wildman–Crippen LogP) is 2.98. The van der Waals surface area contributed by atoms with Crippen LogP contribution in [0.25, 0.3) is 44.6 Å². The number of rotatable bonds is 1. The first-order chi connectivity index (χ1) is 10.4. The molecule has 0 radical (unpaired) electrons. The Balaban J connectivity index is 1.75. The maximum absolute atomic E-state index is 4.58. The molecule has 21 heavy (non-hydrogen) atoms. The SMILES string of the molecule is c1ccc2[nH]c(-c3nc4cc5c[nH][nH]c5cc4n3)nc2c1. The lowest BCUT2D eigenvalue weighted by Gasteiger charge is -1.87. The van der Waals surface area contributed by atoms with E-state index in [1.54, 1.807) is 0 Å². The molecule has 0 fully saturated rings. The van der Waals surface area contributed by atoms with Gasteiger partial charge in [-0.25, -0.2) is 15.0 Å². The fourth-order valence-electron chi connectivity index (χ4n) is 2.61. The largest absolute Gasteiger partial charge is 0.335 e. The van der Waals surface area contributed by atoms with Crippen LogP contribution in [0.5, 0.6) is 0 Å². The fraction of sp³-hybridized carbons (Fsp3) is 0. The van der Waals surface area contributed by atoms with Gasteiger partial charge in [0.15, 0.2) is 11.6 Å². The van der Waals surface area contributed by atoms with Gasteiger partial charge >= 0.3 is 0 Å². The molecule has 6 heteroatoms. The van der Waals surface area contributed by atoms with E-state index in [0.717, 1.165) is 33.0 Å². The van der Waals surface area contributed by atoms with Crippen molar-refractivity contribution in [2.24, 2.45) is 0 Å². The van der Waals surface area contributed by atoms with Crippen LogP contribution in [0.4, 0.5) is 0 Å². The zero-order valence-electron chi connectivity index (χ0n) is 10.9. The number of fused-ring (bicyclic) bond motifs is 3. The summed E-state index contributed by atoms with van der Waals surface area (Å²) in [7, 11) is 0. The molecule has 0 atom stereocenters. The maximum Gasteiger partial charge on any atom is 0.197 e. The van der Waals surface area contributed by atoms with Gasteiger partial charge < -0.3 is 15.2 Å². The Labute approximate surface area is 118 Å². The van der Waals surface area contributed by atoms with E-state index in [1.807, 2.05) is 42.6 Å². The van der Waals surface area contributed by atoms with Gasteiger partial charge in [0.1, 0.15) is 0 Å². The topological polar surface area (TPSA) is 86.0 Å². The Hall–Kier alpha value is -3.15. The second-order valence-electron chi connectivity index (χ2n) is 4.99. The molecular weight excluding hydrogens is 264 g/mol. The molecular formula is C15H10N6. The highest BCUT2D eigenvalue weighted by atomic mass is 15.1. The molecule has 0 saturated heterocycles. The van der Waals surface area contributed by atoms with Gasteiger partial charge in [-0.2, -0.15) is 0 Å². The highest BCUT2D eigenvalue weighted by Gasteiger charge is 2.12. The van der Waals surface area contributed by atoms with Crippen LogP contribution < -0.4 is 0 Å².